The maximum atomic E-state index is 13.7. The molecule has 0 aliphatic heterocycles. The SMILES string of the molecule is Cc1ccc(F)cc1-c1nccn1Cc1nc2cccnc2n1CCF. The summed E-state index contributed by atoms with van der Waals surface area (Å²) in [6, 6.07) is 8.29. The van der Waals surface area contributed by atoms with Crippen LogP contribution in [0.5, 0.6) is 0 Å². The van der Waals surface area contributed by atoms with E-state index in [2.05, 4.69) is 15.0 Å². The van der Waals surface area contributed by atoms with E-state index in [-0.39, 0.29) is 12.4 Å². The number of benzene rings is 1. The van der Waals surface area contributed by atoms with Gasteiger partial charge in [0.1, 0.15) is 29.7 Å². The molecule has 0 spiro atoms. The first-order valence-electron chi connectivity index (χ1n) is 8.31. The predicted octanol–water partition coefficient (Wildman–Crippen LogP) is 3.76. The third-order valence-electron chi connectivity index (χ3n) is 4.36. The van der Waals surface area contributed by atoms with Crippen LogP contribution in [0.4, 0.5) is 8.78 Å². The van der Waals surface area contributed by atoms with E-state index in [0.29, 0.717) is 23.8 Å². The minimum Gasteiger partial charge on any atom is -0.323 e. The van der Waals surface area contributed by atoms with Crippen molar-refractivity contribution < 1.29 is 8.78 Å². The van der Waals surface area contributed by atoms with Crippen LogP contribution in [0.25, 0.3) is 22.6 Å². The van der Waals surface area contributed by atoms with Crippen LogP contribution in [0.1, 0.15) is 11.4 Å². The zero-order chi connectivity index (χ0) is 18.1. The van der Waals surface area contributed by atoms with E-state index in [9.17, 15) is 8.78 Å². The maximum absolute atomic E-state index is 13.7. The van der Waals surface area contributed by atoms with Gasteiger partial charge < -0.3 is 9.13 Å². The van der Waals surface area contributed by atoms with E-state index in [1.165, 1.54) is 12.1 Å². The second-order valence-corrected chi connectivity index (χ2v) is 6.05. The number of pyridine rings is 1. The summed E-state index contributed by atoms with van der Waals surface area (Å²) >= 11 is 0. The molecule has 0 aliphatic rings. The number of hydrogen-bond acceptors (Lipinski definition) is 3. The van der Waals surface area contributed by atoms with Crippen molar-refractivity contribution in [3.05, 3.63) is 66.1 Å². The highest BCUT2D eigenvalue weighted by atomic mass is 19.1. The van der Waals surface area contributed by atoms with Crippen molar-refractivity contribution in [1.29, 1.82) is 0 Å². The van der Waals surface area contributed by atoms with Crippen molar-refractivity contribution in [3.63, 3.8) is 0 Å². The summed E-state index contributed by atoms with van der Waals surface area (Å²) in [7, 11) is 0. The fourth-order valence-corrected chi connectivity index (χ4v) is 3.11. The number of hydrogen-bond donors (Lipinski definition) is 0. The number of halogens is 2. The van der Waals surface area contributed by atoms with Gasteiger partial charge >= 0.3 is 0 Å². The minimum absolute atomic E-state index is 0.186. The molecule has 4 aromatic rings. The average molecular weight is 353 g/mol. The Morgan fingerprint density at radius 3 is 2.85 bits per heavy atom. The van der Waals surface area contributed by atoms with E-state index in [4.69, 9.17) is 0 Å². The van der Waals surface area contributed by atoms with Crippen LogP contribution in [0, 0.1) is 12.7 Å². The van der Waals surface area contributed by atoms with Crippen molar-refractivity contribution in [2.24, 2.45) is 0 Å². The first-order chi connectivity index (χ1) is 12.7. The molecular formula is C19H17F2N5. The number of alkyl halides is 1. The monoisotopic (exact) mass is 353 g/mol. The fourth-order valence-electron chi connectivity index (χ4n) is 3.11. The molecule has 0 saturated heterocycles. The quantitative estimate of drug-likeness (QED) is 0.549. The lowest BCUT2D eigenvalue weighted by atomic mass is 10.1. The van der Waals surface area contributed by atoms with Gasteiger partial charge in [-0.25, -0.2) is 23.7 Å². The molecule has 26 heavy (non-hydrogen) atoms. The predicted molar refractivity (Wildman–Crippen MR) is 95.0 cm³/mol. The lowest BCUT2D eigenvalue weighted by molar-refractivity contribution is 0.441. The summed E-state index contributed by atoms with van der Waals surface area (Å²) in [5.74, 6) is 1.02. The van der Waals surface area contributed by atoms with Crippen LogP contribution in [-0.4, -0.2) is 30.8 Å². The molecule has 4 rings (SSSR count). The molecule has 0 aliphatic carbocycles. The third-order valence-corrected chi connectivity index (χ3v) is 4.36. The van der Waals surface area contributed by atoms with Crippen molar-refractivity contribution in [1.82, 2.24) is 24.1 Å². The first-order valence-corrected chi connectivity index (χ1v) is 8.31. The Morgan fingerprint density at radius 1 is 1.12 bits per heavy atom. The second-order valence-electron chi connectivity index (χ2n) is 6.05. The molecule has 0 N–H and O–H groups in total. The molecule has 0 unspecified atom stereocenters. The summed E-state index contributed by atoms with van der Waals surface area (Å²) in [5, 5.41) is 0. The number of nitrogens with zero attached hydrogens (tertiary/aromatic N) is 5. The molecule has 0 radical (unpaired) electrons. The average Bonchev–Trinajstić information content (AvgIpc) is 3.23. The van der Waals surface area contributed by atoms with E-state index in [1.54, 1.807) is 29.1 Å². The third kappa shape index (κ3) is 2.85. The van der Waals surface area contributed by atoms with Gasteiger partial charge in [0.25, 0.3) is 0 Å². The summed E-state index contributed by atoms with van der Waals surface area (Å²) < 4.78 is 30.4. The van der Waals surface area contributed by atoms with Crippen LogP contribution in [0.2, 0.25) is 0 Å². The largest absolute Gasteiger partial charge is 0.323 e. The molecule has 7 heteroatoms. The Balaban J connectivity index is 1.78. The Morgan fingerprint density at radius 2 is 2.00 bits per heavy atom. The number of aryl methyl sites for hydroxylation is 2. The van der Waals surface area contributed by atoms with E-state index >= 15 is 0 Å². The topological polar surface area (TPSA) is 48.5 Å². The van der Waals surface area contributed by atoms with Gasteiger partial charge in [-0.15, -0.1) is 0 Å². The number of rotatable bonds is 5. The lowest BCUT2D eigenvalue weighted by Crippen LogP contribution is -2.11. The smallest absolute Gasteiger partial charge is 0.160 e. The molecule has 1 aromatic carbocycles. The lowest BCUT2D eigenvalue weighted by Gasteiger charge is -2.11. The molecule has 0 bridgehead atoms. The van der Waals surface area contributed by atoms with Crippen LogP contribution in [-0.2, 0) is 13.1 Å². The second kappa shape index (κ2) is 6.67. The Kier molecular flexibility index (Phi) is 4.20. The molecule has 3 heterocycles. The molecule has 5 nitrogen and oxygen atoms in total. The molecule has 132 valence electrons. The summed E-state index contributed by atoms with van der Waals surface area (Å²) in [5.41, 5.74) is 3.03. The molecular weight excluding hydrogens is 336 g/mol. The first kappa shape index (κ1) is 16.4. The Hall–Kier alpha value is -3.09. The van der Waals surface area contributed by atoms with Gasteiger partial charge in [0.2, 0.25) is 0 Å². The Labute approximate surface area is 149 Å². The highest BCUT2D eigenvalue weighted by Gasteiger charge is 2.15. The van der Waals surface area contributed by atoms with Crippen molar-refractivity contribution in [2.75, 3.05) is 6.67 Å². The molecule has 0 amide bonds. The normalized spacial score (nSPS) is 11.3. The van der Waals surface area contributed by atoms with Crippen LogP contribution >= 0.6 is 0 Å². The maximum Gasteiger partial charge on any atom is 0.160 e. The zero-order valence-electron chi connectivity index (χ0n) is 14.2. The van der Waals surface area contributed by atoms with Crippen LogP contribution in [0.3, 0.4) is 0 Å². The Bertz CT molecular complexity index is 1070. The highest BCUT2D eigenvalue weighted by Crippen LogP contribution is 2.24. The van der Waals surface area contributed by atoms with Gasteiger partial charge in [-0.3, -0.25) is 0 Å². The van der Waals surface area contributed by atoms with Gasteiger partial charge in [-0.05, 0) is 36.8 Å². The van der Waals surface area contributed by atoms with Gasteiger partial charge in [0.05, 0.1) is 13.1 Å². The van der Waals surface area contributed by atoms with E-state index in [0.717, 1.165) is 16.6 Å². The molecule has 3 aromatic heterocycles. The highest BCUT2D eigenvalue weighted by molar-refractivity contribution is 5.71. The van der Waals surface area contributed by atoms with Crippen LogP contribution < -0.4 is 0 Å². The van der Waals surface area contributed by atoms with Crippen molar-refractivity contribution in [2.45, 2.75) is 20.0 Å². The molecule has 0 fully saturated rings. The van der Waals surface area contributed by atoms with Crippen LogP contribution in [0.15, 0.2) is 48.9 Å². The fraction of sp³-hybridized carbons (Fsp3) is 0.211. The van der Waals surface area contributed by atoms with Crippen molar-refractivity contribution in [3.8, 4) is 11.4 Å². The van der Waals surface area contributed by atoms with E-state index < -0.39 is 6.67 Å². The number of aromatic nitrogens is 5. The van der Waals surface area contributed by atoms with Gasteiger partial charge in [-0.1, -0.05) is 6.07 Å². The molecule has 0 atom stereocenters. The minimum atomic E-state index is -0.505. The van der Waals surface area contributed by atoms with Gasteiger partial charge in [0, 0.05) is 24.2 Å². The van der Waals surface area contributed by atoms with Gasteiger partial charge in [-0.2, -0.15) is 0 Å². The van der Waals surface area contributed by atoms with Gasteiger partial charge in [0.15, 0.2) is 5.65 Å². The zero-order valence-corrected chi connectivity index (χ0v) is 14.2. The summed E-state index contributed by atoms with van der Waals surface area (Å²) in [6.45, 7) is 1.98. The van der Waals surface area contributed by atoms with Crippen molar-refractivity contribution >= 4 is 11.2 Å². The van der Waals surface area contributed by atoms with E-state index in [1.807, 2.05) is 23.8 Å². The number of fused-ring (bicyclic) bond motifs is 1. The standard InChI is InChI=1S/C19H17F2N5/c1-13-4-5-14(21)11-15(13)18-23-8-10-25(18)12-17-24-16-3-2-7-22-19(16)26(17)9-6-20/h2-5,7-8,10-11H,6,9,12H2,1H3. The summed E-state index contributed by atoms with van der Waals surface area (Å²) in [6.07, 6.45) is 5.15. The molecule has 0 saturated carbocycles. The number of imidazole rings is 2. The summed E-state index contributed by atoms with van der Waals surface area (Å²) in [4.78, 5) is 13.3.